The van der Waals surface area contributed by atoms with Gasteiger partial charge in [-0.1, -0.05) is 48.5 Å². The molecule has 0 fully saturated rings. The highest BCUT2D eigenvalue weighted by Gasteiger charge is 2.17. The third-order valence-corrected chi connectivity index (χ3v) is 5.63. The fourth-order valence-electron chi connectivity index (χ4n) is 3.71. The second kappa shape index (κ2) is 9.92. The number of rotatable bonds is 7. The monoisotopic (exact) mass is 421 g/mol. The molecule has 1 heterocycles. The maximum atomic E-state index is 13.3. The number of nitrogens with zero attached hydrogens (tertiary/aromatic N) is 1. The van der Waals surface area contributed by atoms with E-state index in [4.69, 9.17) is 0 Å². The van der Waals surface area contributed by atoms with E-state index in [1.165, 1.54) is 0 Å². The lowest BCUT2D eigenvalue weighted by Crippen LogP contribution is -2.15. The number of hydrogen-bond donors (Lipinski definition) is 2. The lowest BCUT2D eigenvalue weighted by molar-refractivity contribution is 0.102. The summed E-state index contributed by atoms with van der Waals surface area (Å²) in [6.07, 6.45) is 2.67. The molecule has 32 heavy (non-hydrogen) atoms. The van der Waals surface area contributed by atoms with Crippen LogP contribution in [-0.4, -0.2) is 17.4 Å². The number of carbonyl (C=O) groups is 1. The van der Waals surface area contributed by atoms with Gasteiger partial charge in [-0.15, -0.1) is 0 Å². The Bertz CT molecular complexity index is 1190. The molecular formula is C28H27N3O. The Morgan fingerprint density at radius 3 is 2.25 bits per heavy atom. The average Bonchev–Trinajstić information content (AvgIpc) is 2.83. The maximum absolute atomic E-state index is 13.3. The maximum Gasteiger partial charge on any atom is 0.256 e. The van der Waals surface area contributed by atoms with E-state index in [2.05, 4.69) is 21.7 Å². The van der Waals surface area contributed by atoms with Gasteiger partial charge in [0, 0.05) is 36.2 Å². The van der Waals surface area contributed by atoms with Crippen molar-refractivity contribution in [1.82, 2.24) is 4.98 Å². The number of benzene rings is 3. The van der Waals surface area contributed by atoms with Crippen LogP contribution >= 0.6 is 0 Å². The van der Waals surface area contributed by atoms with Gasteiger partial charge in [-0.05, 0) is 72.5 Å². The molecule has 0 aliphatic heterocycles. The summed E-state index contributed by atoms with van der Waals surface area (Å²) >= 11 is 0. The van der Waals surface area contributed by atoms with Gasteiger partial charge < -0.3 is 10.6 Å². The Balaban J connectivity index is 1.46. The molecular weight excluding hydrogens is 394 g/mol. The van der Waals surface area contributed by atoms with Crippen molar-refractivity contribution in [2.24, 2.45) is 0 Å². The molecule has 0 aliphatic carbocycles. The van der Waals surface area contributed by atoms with Crippen molar-refractivity contribution in [2.75, 3.05) is 17.2 Å². The van der Waals surface area contributed by atoms with Gasteiger partial charge in [0.15, 0.2) is 0 Å². The number of carbonyl (C=O) groups excluding carboxylic acids is 1. The van der Waals surface area contributed by atoms with Crippen molar-refractivity contribution in [1.29, 1.82) is 0 Å². The SMILES string of the molecule is Cc1ccc(-c2ccccc2)c(C(=O)Nc2ccc(NCCc3ccccn3)cc2)c1C. The topological polar surface area (TPSA) is 54.0 Å². The average molecular weight is 422 g/mol. The van der Waals surface area contributed by atoms with Crippen LogP contribution in [0.3, 0.4) is 0 Å². The summed E-state index contributed by atoms with van der Waals surface area (Å²) in [7, 11) is 0. The molecule has 2 N–H and O–H groups in total. The Hall–Kier alpha value is -3.92. The molecule has 1 amide bonds. The van der Waals surface area contributed by atoms with Crippen molar-refractivity contribution in [3.8, 4) is 11.1 Å². The predicted octanol–water partition coefficient (Wildman–Crippen LogP) is 6.27. The van der Waals surface area contributed by atoms with Crippen LogP contribution in [0.25, 0.3) is 11.1 Å². The quantitative estimate of drug-likeness (QED) is 0.370. The van der Waals surface area contributed by atoms with Gasteiger partial charge in [0.2, 0.25) is 0 Å². The van der Waals surface area contributed by atoms with E-state index >= 15 is 0 Å². The van der Waals surface area contributed by atoms with E-state index in [0.717, 1.165) is 52.3 Å². The Kier molecular flexibility index (Phi) is 6.61. The Labute approximate surface area is 189 Å². The molecule has 0 spiro atoms. The molecule has 0 bridgehead atoms. The molecule has 0 aliphatic rings. The van der Waals surface area contributed by atoms with Gasteiger partial charge in [-0.2, -0.15) is 0 Å². The number of aryl methyl sites for hydroxylation is 1. The summed E-state index contributed by atoms with van der Waals surface area (Å²) in [6.45, 7) is 4.84. The zero-order chi connectivity index (χ0) is 22.3. The number of hydrogen-bond acceptors (Lipinski definition) is 3. The minimum Gasteiger partial charge on any atom is -0.385 e. The summed E-state index contributed by atoms with van der Waals surface area (Å²) < 4.78 is 0. The standard InChI is InChI=1S/C28H27N3O/c1-20-11-16-26(22-8-4-3-5-9-22)27(21(20)2)28(32)31-25-14-12-24(13-15-25)30-19-17-23-10-6-7-18-29-23/h3-16,18,30H,17,19H2,1-2H3,(H,31,32). The molecule has 0 radical (unpaired) electrons. The normalized spacial score (nSPS) is 10.6. The smallest absolute Gasteiger partial charge is 0.256 e. The molecule has 0 saturated heterocycles. The van der Waals surface area contributed by atoms with Crippen LogP contribution in [0, 0.1) is 13.8 Å². The van der Waals surface area contributed by atoms with Crippen LogP contribution in [0.2, 0.25) is 0 Å². The highest BCUT2D eigenvalue weighted by Crippen LogP contribution is 2.29. The molecule has 0 unspecified atom stereocenters. The number of aromatic nitrogens is 1. The fraction of sp³-hybridized carbons (Fsp3) is 0.143. The first-order valence-corrected chi connectivity index (χ1v) is 10.8. The second-order valence-electron chi connectivity index (χ2n) is 7.83. The van der Waals surface area contributed by atoms with E-state index in [1.807, 2.05) is 98.9 Å². The summed E-state index contributed by atoms with van der Waals surface area (Å²) in [5, 5.41) is 6.47. The third-order valence-electron chi connectivity index (χ3n) is 5.63. The number of pyridine rings is 1. The van der Waals surface area contributed by atoms with Gasteiger partial charge in [0.05, 0.1) is 5.56 Å². The van der Waals surface area contributed by atoms with E-state index in [1.54, 1.807) is 0 Å². The lowest BCUT2D eigenvalue weighted by atomic mass is 9.92. The fourth-order valence-corrected chi connectivity index (χ4v) is 3.71. The molecule has 0 atom stereocenters. The molecule has 4 heteroatoms. The van der Waals surface area contributed by atoms with E-state index in [-0.39, 0.29) is 5.91 Å². The van der Waals surface area contributed by atoms with Crippen molar-refractivity contribution in [3.63, 3.8) is 0 Å². The molecule has 4 nitrogen and oxygen atoms in total. The summed E-state index contributed by atoms with van der Waals surface area (Å²) in [5.41, 5.74) is 7.63. The van der Waals surface area contributed by atoms with Crippen LogP contribution in [0.15, 0.2) is 91.1 Å². The molecule has 4 rings (SSSR count). The van der Waals surface area contributed by atoms with Crippen LogP contribution in [0.1, 0.15) is 27.2 Å². The molecule has 3 aromatic carbocycles. The van der Waals surface area contributed by atoms with E-state index in [9.17, 15) is 4.79 Å². The van der Waals surface area contributed by atoms with E-state index in [0.29, 0.717) is 5.56 Å². The molecule has 0 saturated carbocycles. The minimum atomic E-state index is -0.0964. The van der Waals surface area contributed by atoms with Gasteiger partial charge in [0.25, 0.3) is 5.91 Å². The highest BCUT2D eigenvalue weighted by molar-refractivity contribution is 6.10. The van der Waals surface area contributed by atoms with Crippen molar-refractivity contribution in [3.05, 3.63) is 114 Å². The van der Waals surface area contributed by atoms with Gasteiger partial charge >= 0.3 is 0 Å². The lowest BCUT2D eigenvalue weighted by Gasteiger charge is -2.15. The Morgan fingerprint density at radius 2 is 1.53 bits per heavy atom. The molecule has 4 aromatic rings. The van der Waals surface area contributed by atoms with Gasteiger partial charge in [0.1, 0.15) is 0 Å². The molecule has 1 aromatic heterocycles. The first-order chi connectivity index (χ1) is 15.6. The first-order valence-electron chi connectivity index (χ1n) is 10.8. The summed E-state index contributed by atoms with van der Waals surface area (Å²) in [5.74, 6) is -0.0964. The molecule has 160 valence electrons. The van der Waals surface area contributed by atoms with Gasteiger partial charge in [-0.25, -0.2) is 0 Å². The van der Waals surface area contributed by atoms with Crippen molar-refractivity contribution >= 4 is 17.3 Å². The number of nitrogens with one attached hydrogen (secondary N) is 2. The van der Waals surface area contributed by atoms with Crippen LogP contribution in [-0.2, 0) is 6.42 Å². The zero-order valence-electron chi connectivity index (χ0n) is 18.4. The van der Waals surface area contributed by atoms with Gasteiger partial charge in [-0.3, -0.25) is 9.78 Å². The van der Waals surface area contributed by atoms with Crippen molar-refractivity contribution in [2.45, 2.75) is 20.3 Å². The summed E-state index contributed by atoms with van der Waals surface area (Å²) in [4.78, 5) is 17.6. The van der Waals surface area contributed by atoms with Crippen LogP contribution < -0.4 is 10.6 Å². The number of anilines is 2. The van der Waals surface area contributed by atoms with Crippen molar-refractivity contribution < 1.29 is 4.79 Å². The largest absolute Gasteiger partial charge is 0.385 e. The highest BCUT2D eigenvalue weighted by atomic mass is 16.1. The van der Waals surface area contributed by atoms with E-state index < -0.39 is 0 Å². The predicted molar refractivity (Wildman–Crippen MR) is 132 cm³/mol. The number of amides is 1. The van der Waals surface area contributed by atoms with Crippen LogP contribution in [0.5, 0.6) is 0 Å². The summed E-state index contributed by atoms with van der Waals surface area (Å²) in [6, 6.07) is 27.9. The van der Waals surface area contributed by atoms with Crippen LogP contribution in [0.4, 0.5) is 11.4 Å². The zero-order valence-corrected chi connectivity index (χ0v) is 18.4. The third kappa shape index (κ3) is 5.03. The Morgan fingerprint density at radius 1 is 0.812 bits per heavy atom. The first kappa shape index (κ1) is 21.3. The minimum absolute atomic E-state index is 0.0964. The second-order valence-corrected chi connectivity index (χ2v) is 7.83.